The van der Waals surface area contributed by atoms with Gasteiger partial charge in [0, 0.05) is 30.6 Å². The van der Waals surface area contributed by atoms with E-state index in [-0.39, 0.29) is 17.6 Å². The van der Waals surface area contributed by atoms with E-state index in [1.165, 1.54) is 30.7 Å². The maximum Gasteiger partial charge on any atom is 0.395 e. The predicted molar refractivity (Wildman–Crippen MR) is 122 cm³/mol. The van der Waals surface area contributed by atoms with Crippen LogP contribution >= 0.6 is 0 Å². The third kappa shape index (κ3) is 7.08. The van der Waals surface area contributed by atoms with Gasteiger partial charge in [0.15, 0.2) is 0 Å². The normalized spacial score (nSPS) is 18.3. The van der Waals surface area contributed by atoms with Gasteiger partial charge in [-0.05, 0) is 31.7 Å². The van der Waals surface area contributed by atoms with Crippen LogP contribution in [-0.2, 0) is 11.3 Å². The van der Waals surface area contributed by atoms with E-state index in [0.29, 0.717) is 67.9 Å². The number of hydrogen-bond acceptors (Lipinski definition) is 7. The first kappa shape index (κ1) is 25.2. The summed E-state index contributed by atoms with van der Waals surface area (Å²) in [6.07, 6.45) is 3.36. The Kier molecular flexibility index (Phi) is 8.46. The molecule has 4 rings (SSSR count). The number of aromatic nitrogens is 1. The van der Waals surface area contributed by atoms with Crippen molar-refractivity contribution in [2.75, 3.05) is 39.5 Å². The van der Waals surface area contributed by atoms with Gasteiger partial charge in [-0.2, -0.15) is 13.2 Å². The lowest BCUT2D eigenvalue weighted by Gasteiger charge is -2.25. The van der Waals surface area contributed by atoms with Gasteiger partial charge >= 0.3 is 6.18 Å². The molecular formula is C25H29F3N2O5. The molecule has 1 atom stereocenters. The molecular weight excluding hydrogens is 465 g/mol. The van der Waals surface area contributed by atoms with Gasteiger partial charge in [0.05, 0.1) is 44.2 Å². The summed E-state index contributed by atoms with van der Waals surface area (Å²) in [7, 11) is 0. The van der Waals surface area contributed by atoms with E-state index in [1.54, 1.807) is 6.07 Å². The maximum atomic E-state index is 13.1. The zero-order valence-corrected chi connectivity index (χ0v) is 19.4. The zero-order valence-electron chi connectivity index (χ0n) is 19.4. The van der Waals surface area contributed by atoms with Gasteiger partial charge < -0.3 is 18.6 Å². The highest BCUT2D eigenvalue weighted by Gasteiger charge is 2.38. The predicted octanol–water partition coefficient (Wildman–Crippen LogP) is 2.64. The molecule has 35 heavy (non-hydrogen) atoms. The lowest BCUT2D eigenvalue weighted by Crippen LogP contribution is -2.36. The van der Waals surface area contributed by atoms with E-state index in [9.17, 15) is 18.0 Å². The summed E-state index contributed by atoms with van der Waals surface area (Å²) >= 11 is 0. The van der Waals surface area contributed by atoms with Crippen LogP contribution in [0.25, 0.3) is 12.2 Å². The Bertz CT molecular complexity index is 1160. The molecule has 7 nitrogen and oxygen atoms in total. The molecule has 10 heteroatoms. The van der Waals surface area contributed by atoms with Crippen LogP contribution in [0.4, 0.5) is 13.2 Å². The Morgan fingerprint density at radius 1 is 1.09 bits per heavy atom. The summed E-state index contributed by atoms with van der Waals surface area (Å²) in [5.41, 5.74) is -0.212. The Balaban J connectivity index is 1.19. The fraction of sp³-hybridized carbons (Fsp3) is 0.520. The molecule has 190 valence electrons. The largest absolute Gasteiger partial charge is 0.493 e. The van der Waals surface area contributed by atoms with Crippen molar-refractivity contribution in [3.8, 4) is 11.5 Å². The fourth-order valence-corrected chi connectivity index (χ4v) is 4.01. The lowest BCUT2D eigenvalue weighted by molar-refractivity contribution is -0.155. The summed E-state index contributed by atoms with van der Waals surface area (Å²) in [5.74, 6) is -0.339. The Labute approximate surface area is 200 Å². The van der Waals surface area contributed by atoms with Crippen LogP contribution in [0.1, 0.15) is 31.4 Å². The second kappa shape index (κ2) is 11.7. The second-order valence-corrected chi connectivity index (χ2v) is 8.58. The van der Waals surface area contributed by atoms with Gasteiger partial charge in [0.2, 0.25) is 11.2 Å². The first-order valence-electron chi connectivity index (χ1n) is 11.8. The van der Waals surface area contributed by atoms with Crippen molar-refractivity contribution >= 4 is 12.2 Å². The first-order valence-corrected chi connectivity index (χ1v) is 11.8. The van der Waals surface area contributed by atoms with Crippen LogP contribution in [0.15, 0.2) is 33.8 Å². The highest BCUT2D eigenvalue weighted by Crippen LogP contribution is 2.31. The lowest BCUT2D eigenvalue weighted by atomic mass is 9.98. The van der Waals surface area contributed by atoms with E-state index >= 15 is 0 Å². The summed E-state index contributed by atoms with van der Waals surface area (Å²) in [6.45, 7) is 4.24. The molecule has 0 spiro atoms. The number of alkyl halides is 3. The zero-order chi connectivity index (χ0) is 24.7. The molecule has 0 radical (unpaired) electrons. The van der Waals surface area contributed by atoms with Crippen LogP contribution < -0.4 is 25.5 Å². The third-order valence-electron chi connectivity index (χ3n) is 5.97. The van der Waals surface area contributed by atoms with Crippen molar-refractivity contribution in [3.05, 3.63) is 51.1 Å². The van der Waals surface area contributed by atoms with Crippen LogP contribution in [-0.4, -0.2) is 55.6 Å². The summed E-state index contributed by atoms with van der Waals surface area (Å²) in [4.78, 5) is 18.6. The quantitative estimate of drug-likeness (QED) is 0.470. The van der Waals surface area contributed by atoms with Crippen LogP contribution in [0.2, 0.25) is 0 Å². The van der Waals surface area contributed by atoms with Crippen LogP contribution in [0.5, 0.6) is 11.5 Å². The van der Waals surface area contributed by atoms with Gasteiger partial charge in [-0.1, -0.05) is 12.2 Å². The average molecular weight is 495 g/mol. The van der Waals surface area contributed by atoms with E-state index in [1.807, 2.05) is 0 Å². The second-order valence-electron chi connectivity index (χ2n) is 8.58. The molecule has 0 N–H and O–H groups in total. The molecule has 1 aliphatic heterocycles. The van der Waals surface area contributed by atoms with Crippen LogP contribution in [0, 0.1) is 5.92 Å². The van der Waals surface area contributed by atoms with Crippen molar-refractivity contribution < 1.29 is 31.8 Å². The summed E-state index contributed by atoms with van der Waals surface area (Å²) < 4.78 is 61.5. The molecule has 2 aromatic rings. The molecule has 0 amide bonds. The van der Waals surface area contributed by atoms with Crippen molar-refractivity contribution in [1.29, 1.82) is 0 Å². The van der Waals surface area contributed by atoms with Gasteiger partial charge in [0.25, 0.3) is 0 Å². The number of hydrogen-bond donors (Lipinski definition) is 0. The Morgan fingerprint density at radius 3 is 2.54 bits per heavy atom. The number of unbranched alkanes of at least 4 members (excludes halogenated alkanes) is 2. The standard InChI is InChI=1S/C25H29F3N2O5/c26-25(27,28)18-4-5-21-20(14-18)23(6-7-29-21)33-10-2-1-3-11-34-24-17-35-19(15-22(24)31)16-30-8-12-32-13-9-30/h5-7,14-15,17-18H,1-4,8-13,16H2. The van der Waals surface area contributed by atoms with E-state index < -0.39 is 12.1 Å². The molecule has 1 aliphatic carbocycles. The minimum absolute atomic E-state index is 0.109. The molecule has 2 aromatic heterocycles. The van der Waals surface area contributed by atoms with E-state index in [0.717, 1.165) is 19.5 Å². The smallest absolute Gasteiger partial charge is 0.395 e. The number of halogens is 3. The third-order valence-corrected chi connectivity index (χ3v) is 5.97. The monoisotopic (exact) mass is 494 g/mol. The molecule has 1 unspecified atom stereocenters. The van der Waals surface area contributed by atoms with Gasteiger partial charge in [-0.25, -0.2) is 0 Å². The van der Waals surface area contributed by atoms with Crippen molar-refractivity contribution in [2.24, 2.45) is 5.92 Å². The van der Waals surface area contributed by atoms with Crippen molar-refractivity contribution in [1.82, 2.24) is 9.88 Å². The van der Waals surface area contributed by atoms with Crippen molar-refractivity contribution in [3.63, 3.8) is 0 Å². The minimum atomic E-state index is -4.29. The molecule has 1 fully saturated rings. The maximum absolute atomic E-state index is 13.1. The fourth-order valence-electron chi connectivity index (χ4n) is 4.01. The number of morpholine rings is 1. The number of fused-ring (bicyclic) bond motifs is 1. The molecule has 2 aliphatic rings. The highest BCUT2D eigenvalue weighted by atomic mass is 19.4. The first-order chi connectivity index (χ1) is 16.9. The van der Waals surface area contributed by atoms with Crippen molar-refractivity contribution in [2.45, 2.75) is 38.4 Å². The van der Waals surface area contributed by atoms with E-state index in [2.05, 4.69) is 9.88 Å². The topological polar surface area (TPSA) is 74.0 Å². The van der Waals surface area contributed by atoms with Gasteiger partial charge in [-0.15, -0.1) is 0 Å². The van der Waals surface area contributed by atoms with Gasteiger partial charge in [-0.3, -0.25) is 14.7 Å². The highest BCUT2D eigenvalue weighted by molar-refractivity contribution is 5.44. The summed E-state index contributed by atoms with van der Waals surface area (Å²) in [5, 5.41) is 0.916. The molecule has 0 bridgehead atoms. The molecule has 3 heterocycles. The molecule has 0 saturated carbocycles. The Hall–Kier alpha value is -2.85. The SMILES string of the molecule is O=c1cc(CN2CCOCC2)occ1OCCCCCOc1ccnc2c1=CC(C(F)(F)F)CC=2. The van der Waals surface area contributed by atoms with Gasteiger partial charge in [0.1, 0.15) is 17.8 Å². The van der Waals surface area contributed by atoms with Crippen LogP contribution in [0.3, 0.4) is 0 Å². The molecule has 1 saturated heterocycles. The number of ether oxygens (including phenoxy) is 3. The number of nitrogens with zero attached hydrogens (tertiary/aromatic N) is 2. The molecule has 0 aromatic carbocycles. The van der Waals surface area contributed by atoms with E-state index in [4.69, 9.17) is 18.6 Å². The number of pyridine rings is 1. The summed E-state index contributed by atoms with van der Waals surface area (Å²) in [6, 6.07) is 3.05. The number of rotatable bonds is 10. The Morgan fingerprint density at radius 2 is 1.83 bits per heavy atom. The average Bonchev–Trinajstić information content (AvgIpc) is 2.84. The minimum Gasteiger partial charge on any atom is -0.493 e.